The molecule has 0 aliphatic heterocycles. The van der Waals surface area contributed by atoms with Gasteiger partial charge in [0.2, 0.25) is 0 Å². The highest BCUT2D eigenvalue weighted by atomic mass is 35.5. The third-order valence-electron chi connectivity index (χ3n) is 7.89. The molecule has 0 unspecified atom stereocenters. The molecule has 3 heteroatoms. The average Bonchev–Trinajstić information content (AvgIpc) is 2.87. The van der Waals surface area contributed by atoms with Gasteiger partial charge in [0, 0.05) is 0 Å². The Balaban J connectivity index is -0.000000269. The van der Waals surface area contributed by atoms with E-state index in [1.54, 1.807) is 0 Å². The van der Waals surface area contributed by atoms with Gasteiger partial charge in [-0.15, -0.1) is 0 Å². The van der Waals surface area contributed by atoms with Gasteiger partial charge in [0.05, 0.1) is 52.4 Å². The third kappa shape index (κ3) is 22.0. The van der Waals surface area contributed by atoms with Gasteiger partial charge < -0.3 is 22.8 Å². The summed E-state index contributed by atoms with van der Waals surface area (Å²) in [6.45, 7) is 30.0. The first-order valence-electron chi connectivity index (χ1n) is 16.2. The van der Waals surface area contributed by atoms with Gasteiger partial charge in [-0.05, 0) is 51.4 Å². The molecule has 218 valence electrons. The maximum Gasteiger partial charge on any atom is 0.0786 e. The summed E-state index contributed by atoms with van der Waals surface area (Å²) < 4.78 is 2.84. The molecule has 0 aliphatic carbocycles. The van der Waals surface area contributed by atoms with Gasteiger partial charge >= 0.3 is 0 Å². The number of nitrogens with zero attached hydrogens (tertiary/aromatic N) is 2. The Morgan fingerprint density at radius 1 is 0.286 bits per heavy atom. The van der Waals surface area contributed by atoms with Crippen molar-refractivity contribution in [1.82, 2.24) is 0 Å². The molecule has 0 radical (unpaired) electrons. The Kier molecular flexibility index (Phi) is 32.7. The van der Waals surface area contributed by atoms with Crippen molar-refractivity contribution >= 4 is 0 Å². The maximum atomic E-state index is 2.33. The first-order chi connectivity index (χ1) is 16.5. The van der Waals surface area contributed by atoms with Crippen LogP contribution in [0.15, 0.2) is 0 Å². The van der Waals surface area contributed by atoms with Crippen LogP contribution in [-0.2, 0) is 0 Å². The van der Waals surface area contributed by atoms with E-state index in [1.807, 2.05) is 0 Å². The fourth-order valence-electron chi connectivity index (χ4n) is 5.29. The monoisotopic (exact) mass is 521 g/mol. The summed E-state index contributed by atoms with van der Waals surface area (Å²) in [5.41, 5.74) is 0. The van der Waals surface area contributed by atoms with Gasteiger partial charge in [-0.25, -0.2) is 0 Å². The second-order valence-corrected chi connectivity index (χ2v) is 11.3. The Morgan fingerprint density at radius 3 is 0.486 bits per heavy atom. The summed E-state index contributed by atoms with van der Waals surface area (Å²) in [6.07, 6.45) is 22.1. The van der Waals surface area contributed by atoms with Crippen molar-refractivity contribution in [2.75, 3.05) is 52.4 Å². The van der Waals surface area contributed by atoms with E-state index in [1.165, 1.54) is 164 Å². The van der Waals surface area contributed by atoms with Gasteiger partial charge in [0.25, 0.3) is 0 Å². The van der Waals surface area contributed by atoms with E-state index in [-0.39, 0.29) is 13.8 Å². The number of hydrogen-bond donors (Lipinski definition) is 0. The van der Waals surface area contributed by atoms with Gasteiger partial charge in [0.15, 0.2) is 0 Å². The Labute approximate surface area is 233 Å². The van der Waals surface area contributed by atoms with Crippen molar-refractivity contribution < 1.29 is 22.8 Å². The molecule has 0 aromatic heterocycles. The van der Waals surface area contributed by atoms with Gasteiger partial charge in [0.1, 0.15) is 0 Å². The summed E-state index contributed by atoms with van der Waals surface area (Å²) in [4.78, 5) is 0. The number of unbranched alkanes of at least 4 members (excludes halogenated alkanes) is 8. The molecule has 0 aromatic rings. The zero-order valence-electron chi connectivity index (χ0n) is 27.2. The van der Waals surface area contributed by atoms with Crippen LogP contribution < -0.4 is 12.4 Å². The Morgan fingerprint density at radius 2 is 0.400 bits per heavy atom. The standard InChI is InChI=1S/2C16H36N.ClH.H/c2*1-5-9-13-17(14-10-6-2,15-11-7-3)16-12-8-4;;/h2*5-16H2,1-4H3;1H;/q2*+1;;-1/p-1. The van der Waals surface area contributed by atoms with Crippen molar-refractivity contribution in [3.05, 3.63) is 0 Å². The molecule has 0 heterocycles. The minimum absolute atomic E-state index is 0. The molecule has 0 atom stereocenters. The van der Waals surface area contributed by atoms with E-state index in [0.29, 0.717) is 0 Å². The molecule has 0 amide bonds. The number of quaternary nitrogens is 2. The molecular formula is C32H73ClN2. The van der Waals surface area contributed by atoms with Crippen LogP contribution in [-0.4, -0.2) is 61.3 Å². The lowest BCUT2D eigenvalue weighted by Crippen LogP contribution is -3.00. The smallest absolute Gasteiger partial charge is 0.0786 e. The molecule has 0 N–H and O–H groups in total. The molecule has 0 fully saturated rings. The highest BCUT2D eigenvalue weighted by molar-refractivity contribution is 4.50. The van der Waals surface area contributed by atoms with Gasteiger partial charge in [-0.3, -0.25) is 0 Å². The van der Waals surface area contributed by atoms with Crippen LogP contribution >= 0.6 is 0 Å². The Bertz CT molecular complexity index is 281. The molecule has 2 nitrogen and oxygen atoms in total. The van der Waals surface area contributed by atoms with Crippen molar-refractivity contribution in [1.29, 1.82) is 0 Å². The predicted molar refractivity (Wildman–Crippen MR) is 160 cm³/mol. The normalized spacial score (nSPS) is 11.7. The van der Waals surface area contributed by atoms with Crippen LogP contribution in [0.3, 0.4) is 0 Å². The molecule has 0 bridgehead atoms. The van der Waals surface area contributed by atoms with Crippen LogP contribution in [0.4, 0.5) is 0 Å². The van der Waals surface area contributed by atoms with E-state index >= 15 is 0 Å². The van der Waals surface area contributed by atoms with E-state index in [0.717, 1.165) is 0 Å². The third-order valence-corrected chi connectivity index (χ3v) is 7.89. The number of rotatable bonds is 24. The first-order valence-corrected chi connectivity index (χ1v) is 16.2. The largest absolute Gasteiger partial charge is 1.00 e. The second kappa shape index (κ2) is 28.8. The lowest BCUT2D eigenvalue weighted by Gasteiger charge is -2.39. The number of hydrogen-bond acceptors (Lipinski definition) is 0. The zero-order chi connectivity index (χ0) is 26.0. The fraction of sp³-hybridized carbons (Fsp3) is 1.00. The highest BCUT2D eigenvalue weighted by Gasteiger charge is 2.25. The molecule has 0 rings (SSSR count). The molecular weight excluding hydrogens is 448 g/mol. The van der Waals surface area contributed by atoms with Crippen molar-refractivity contribution in [2.24, 2.45) is 0 Å². The van der Waals surface area contributed by atoms with Gasteiger partial charge in [-0.2, -0.15) is 0 Å². The SMILES string of the molecule is CCCC[N+](CCCC)(CCCC)CCCC.CCCC[N+](CCCC)(CCCC)CCCC.[Cl-].[H-]. The summed E-state index contributed by atoms with van der Waals surface area (Å²) in [6, 6.07) is 0. The van der Waals surface area contributed by atoms with Crippen molar-refractivity contribution in [3.63, 3.8) is 0 Å². The molecule has 0 aromatic carbocycles. The first kappa shape index (κ1) is 39.7. The minimum Gasteiger partial charge on any atom is -1.00 e. The van der Waals surface area contributed by atoms with Crippen LogP contribution in [0.1, 0.15) is 160 Å². The topological polar surface area (TPSA) is 0 Å². The Hall–Kier alpha value is 0.210. The molecule has 0 saturated heterocycles. The van der Waals surface area contributed by atoms with Gasteiger partial charge in [-0.1, -0.05) is 107 Å². The van der Waals surface area contributed by atoms with Crippen LogP contribution in [0.2, 0.25) is 0 Å². The minimum atomic E-state index is 0. The molecule has 0 saturated carbocycles. The van der Waals surface area contributed by atoms with Crippen LogP contribution in [0.5, 0.6) is 0 Å². The van der Waals surface area contributed by atoms with Crippen molar-refractivity contribution in [2.45, 2.75) is 158 Å². The van der Waals surface area contributed by atoms with E-state index in [2.05, 4.69) is 55.4 Å². The summed E-state index contributed by atoms with van der Waals surface area (Å²) in [5.74, 6) is 0. The lowest BCUT2D eigenvalue weighted by molar-refractivity contribution is -0.929. The van der Waals surface area contributed by atoms with E-state index < -0.39 is 0 Å². The van der Waals surface area contributed by atoms with E-state index in [4.69, 9.17) is 0 Å². The summed E-state index contributed by atoms with van der Waals surface area (Å²) >= 11 is 0. The lowest BCUT2D eigenvalue weighted by atomic mass is 10.1. The molecule has 35 heavy (non-hydrogen) atoms. The van der Waals surface area contributed by atoms with E-state index in [9.17, 15) is 0 Å². The fourth-order valence-corrected chi connectivity index (χ4v) is 5.29. The number of halogens is 1. The second-order valence-electron chi connectivity index (χ2n) is 11.3. The predicted octanol–water partition coefficient (Wildman–Crippen LogP) is 7.12. The molecule has 0 aliphatic rings. The maximum absolute atomic E-state index is 2.33. The quantitative estimate of drug-likeness (QED) is 0.119. The molecule has 0 spiro atoms. The van der Waals surface area contributed by atoms with Crippen molar-refractivity contribution in [3.8, 4) is 0 Å². The van der Waals surface area contributed by atoms with Crippen LogP contribution in [0.25, 0.3) is 0 Å². The van der Waals surface area contributed by atoms with Crippen LogP contribution in [0, 0.1) is 0 Å². The summed E-state index contributed by atoms with van der Waals surface area (Å²) in [5, 5.41) is 0. The summed E-state index contributed by atoms with van der Waals surface area (Å²) in [7, 11) is 0. The highest BCUT2D eigenvalue weighted by Crippen LogP contribution is 2.17. The average molecular weight is 521 g/mol. The zero-order valence-corrected chi connectivity index (χ0v) is 27.0.